The normalized spacial score (nSPS) is 10.8. The van der Waals surface area contributed by atoms with E-state index in [9.17, 15) is 0 Å². The van der Waals surface area contributed by atoms with Gasteiger partial charge in [0.05, 0.1) is 0 Å². The predicted octanol–water partition coefficient (Wildman–Crippen LogP) is 15.5. The summed E-state index contributed by atoms with van der Waals surface area (Å²) in [6.07, 6.45) is 0. The first-order valence-corrected chi connectivity index (χ1v) is 19.2. The smallest absolute Gasteiger partial charge is 0.170 e. The van der Waals surface area contributed by atoms with Crippen LogP contribution in [0.1, 0.15) is 0 Å². The summed E-state index contributed by atoms with van der Waals surface area (Å²) in [6.45, 7) is 0. The van der Waals surface area contributed by atoms with Crippen molar-refractivity contribution in [1.82, 2.24) is 0 Å². The highest BCUT2D eigenvalue weighted by Crippen LogP contribution is 2.47. The third-order valence-electron chi connectivity index (χ3n) is 9.73. The van der Waals surface area contributed by atoms with Gasteiger partial charge in [0.15, 0.2) is 11.5 Å². The van der Waals surface area contributed by atoms with E-state index in [1.54, 1.807) is 0 Å². The van der Waals surface area contributed by atoms with Gasteiger partial charge in [-0.3, -0.25) is 0 Å². The van der Waals surface area contributed by atoms with Gasteiger partial charge in [0, 0.05) is 16.7 Å². The zero-order valence-corrected chi connectivity index (χ0v) is 31.6. The van der Waals surface area contributed by atoms with Crippen molar-refractivity contribution in [3.8, 4) is 90.5 Å². The van der Waals surface area contributed by atoms with Crippen LogP contribution in [0.5, 0.6) is 46.0 Å². The van der Waals surface area contributed by atoms with E-state index >= 15 is 0 Å². The molecular weight excluding hydrogens is 713 g/mol. The number of ether oxygens (including phenoxy) is 4. The Labute approximate surface area is 338 Å². The summed E-state index contributed by atoms with van der Waals surface area (Å²) < 4.78 is 26.2. The van der Waals surface area contributed by atoms with Crippen molar-refractivity contribution in [2.45, 2.75) is 0 Å². The number of para-hydroxylation sites is 5. The lowest BCUT2D eigenvalue weighted by Crippen LogP contribution is -1.96. The minimum atomic E-state index is 0.594. The molecule has 9 aromatic carbocycles. The Morgan fingerprint density at radius 3 is 1.33 bits per heavy atom. The van der Waals surface area contributed by atoms with Crippen molar-refractivity contribution in [3.05, 3.63) is 231 Å². The zero-order valence-electron chi connectivity index (χ0n) is 31.6. The Morgan fingerprint density at radius 1 is 0.207 bits per heavy atom. The van der Waals surface area contributed by atoms with Gasteiger partial charge in [-0.15, -0.1) is 0 Å². The summed E-state index contributed by atoms with van der Waals surface area (Å²) in [5.74, 6) is 5.44. The SMILES string of the molecule is c1ccc(Oc2ccccc2Oc2c(-c3ccccc3)cccc2-c2ccccc2Oc2ccc(Oc3cccc(-c4cccc(-c5ccccc5)c4)c3)cc2)cc1. The van der Waals surface area contributed by atoms with Crippen LogP contribution in [0.4, 0.5) is 0 Å². The molecule has 0 fully saturated rings. The predicted molar refractivity (Wildman–Crippen MR) is 234 cm³/mol. The van der Waals surface area contributed by atoms with Gasteiger partial charge in [0.25, 0.3) is 0 Å². The average Bonchev–Trinajstić information content (AvgIpc) is 3.29. The molecule has 0 saturated heterocycles. The van der Waals surface area contributed by atoms with Crippen LogP contribution in [0, 0.1) is 0 Å². The van der Waals surface area contributed by atoms with E-state index in [0.717, 1.165) is 44.9 Å². The van der Waals surface area contributed by atoms with Crippen LogP contribution >= 0.6 is 0 Å². The average molecular weight is 751 g/mol. The topological polar surface area (TPSA) is 36.9 Å². The van der Waals surface area contributed by atoms with Gasteiger partial charge in [0.2, 0.25) is 0 Å². The Kier molecular flexibility index (Phi) is 10.5. The molecule has 0 aliphatic carbocycles. The maximum absolute atomic E-state index is 6.90. The summed E-state index contributed by atoms with van der Waals surface area (Å²) in [7, 11) is 0. The molecule has 0 aliphatic rings. The van der Waals surface area contributed by atoms with Crippen molar-refractivity contribution in [2.75, 3.05) is 0 Å². The van der Waals surface area contributed by atoms with Crippen molar-refractivity contribution in [2.24, 2.45) is 0 Å². The second-order valence-corrected chi connectivity index (χ2v) is 13.7. The largest absolute Gasteiger partial charge is 0.457 e. The lowest BCUT2D eigenvalue weighted by atomic mass is 9.96. The molecular formula is C54H38O4. The first-order chi connectivity index (χ1) is 28.7. The molecule has 0 heterocycles. The van der Waals surface area contributed by atoms with Crippen molar-refractivity contribution < 1.29 is 18.9 Å². The second-order valence-electron chi connectivity index (χ2n) is 13.7. The highest BCUT2D eigenvalue weighted by molar-refractivity contribution is 5.85. The summed E-state index contributed by atoms with van der Waals surface area (Å²) in [5, 5.41) is 0. The molecule has 0 atom stereocenters. The maximum atomic E-state index is 6.90. The number of rotatable bonds is 12. The fraction of sp³-hybridized carbons (Fsp3) is 0. The molecule has 0 spiro atoms. The van der Waals surface area contributed by atoms with E-state index in [1.165, 1.54) is 11.1 Å². The highest BCUT2D eigenvalue weighted by Gasteiger charge is 2.19. The van der Waals surface area contributed by atoms with Crippen LogP contribution in [-0.2, 0) is 0 Å². The van der Waals surface area contributed by atoms with Crippen LogP contribution < -0.4 is 18.9 Å². The molecule has 0 radical (unpaired) electrons. The fourth-order valence-electron chi connectivity index (χ4n) is 6.91. The Balaban J connectivity index is 0.985. The van der Waals surface area contributed by atoms with Gasteiger partial charge >= 0.3 is 0 Å². The van der Waals surface area contributed by atoms with E-state index in [-0.39, 0.29) is 0 Å². The molecule has 58 heavy (non-hydrogen) atoms. The van der Waals surface area contributed by atoms with Gasteiger partial charge in [-0.1, -0.05) is 158 Å². The summed E-state index contributed by atoms with van der Waals surface area (Å²) >= 11 is 0. The monoisotopic (exact) mass is 750 g/mol. The van der Waals surface area contributed by atoms with Crippen LogP contribution in [0.3, 0.4) is 0 Å². The van der Waals surface area contributed by atoms with Crippen molar-refractivity contribution in [3.63, 3.8) is 0 Å². The van der Waals surface area contributed by atoms with E-state index in [4.69, 9.17) is 18.9 Å². The second kappa shape index (κ2) is 16.9. The number of benzene rings is 9. The minimum Gasteiger partial charge on any atom is -0.457 e. The summed E-state index contributed by atoms with van der Waals surface area (Å²) in [6, 6.07) is 76.8. The molecule has 4 heteroatoms. The van der Waals surface area contributed by atoms with Gasteiger partial charge in [0.1, 0.15) is 34.5 Å². The fourth-order valence-corrected chi connectivity index (χ4v) is 6.91. The summed E-state index contributed by atoms with van der Waals surface area (Å²) in [5.41, 5.74) is 8.30. The van der Waals surface area contributed by atoms with Gasteiger partial charge in [-0.25, -0.2) is 0 Å². The summed E-state index contributed by atoms with van der Waals surface area (Å²) in [4.78, 5) is 0. The van der Waals surface area contributed by atoms with Crippen molar-refractivity contribution >= 4 is 0 Å². The molecule has 0 N–H and O–H groups in total. The van der Waals surface area contributed by atoms with E-state index in [1.807, 2.05) is 133 Å². The van der Waals surface area contributed by atoms with E-state index in [0.29, 0.717) is 34.5 Å². The molecule has 0 unspecified atom stereocenters. The molecule has 4 nitrogen and oxygen atoms in total. The first-order valence-electron chi connectivity index (χ1n) is 19.2. The zero-order chi connectivity index (χ0) is 38.9. The molecule has 9 aromatic rings. The van der Waals surface area contributed by atoms with E-state index < -0.39 is 0 Å². The molecule has 9 rings (SSSR count). The quantitative estimate of drug-likeness (QED) is 0.125. The van der Waals surface area contributed by atoms with Crippen LogP contribution in [-0.4, -0.2) is 0 Å². The minimum absolute atomic E-state index is 0.594. The molecule has 278 valence electrons. The Morgan fingerprint density at radius 2 is 0.621 bits per heavy atom. The third-order valence-corrected chi connectivity index (χ3v) is 9.73. The third kappa shape index (κ3) is 8.23. The lowest BCUT2D eigenvalue weighted by Gasteiger charge is -2.20. The van der Waals surface area contributed by atoms with Crippen LogP contribution in [0.25, 0.3) is 44.5 Å². The first kappa shape index (κ1) is 35.9. The number of hydrogen-bond acceptors (Lipinski definition) is 4. The van der Waals surface area contributed by atoms with Gasteiger partial charge < -0.3 is 18.9 Å². The highest BCUT2D eigenvalue weighted by atomic mass is 16.5. The van der Waals surface area contributed by atoms with Gasteiger partial charge in [-0.2, -0.15) is 0 Å². The molecule has 0 aromatic heterocycles. The van der Waals surface area contributed by atoms with Crippen LogP contribution in [0.15, 0.2) is 231 Å². The Bertz CT molecular complexity index is 2760. The molecule has 0 amide bonds. The molecule has 0 bridgehead atoms. The molecule has 0 saturated carbocycles. The van der Waals surface area contributed by atoms with Crippen LogP contribution in [0.2, 0.25) is 0 Å². The van der Waals surface area contributed by atoms with E-state index in [2.05, 4.69) is 97.1 Å². The standard InChI is InChI=1S/C54H38O4/c1-4-17-39(18-5-1)41-21-14-22-42(37-41)43-23-15-26-47(38-43)55-45-33-35-46(36-34-45)56-51-30-11-10-27-49(51)50-29-16-28-48(40-19-6-2-7-20-40)54(50)58-53-32-13-12-31-52(53)57-44-24-8-3-9-25-44/h1-38H. The van der Waals surface area contributed by atoms with Gasteiger partial charge in [-0.05, 0) is 101 Å². The molecule has 0 aliphatic heterocycles. The number of hydrogen-bond donors (Lipinski definition) is 0. The Hall–Kier alpha value is -7.82. The van der Waals surface area contributed by atoms with Crippen molar-refractivity contribution in [1.29, 1.82) is 0 Å². The maximum Gasteiger partial charge on any atom is 0.170 e. The lowest BCUT2D eigenvalue weighted by molar-refractivity contribution is 0.420.